The lowest BCUT2D eigenvalue weighted by molar-refractivity contribution is -0.121. The van der Waals surface area contributed by atoms with Gasteiger partial charge in [0.05, 0.1) is 0 Å². The van der Waals surface area contributed by atoms with Crippen LogP contribution in [0, 0.1) is 5.92 Å². The third-order valence-electron chi connectivity index (χ3n) is 4.99. The van der Waals surface area contributed by atoms with Gasteiger partial charge in [-0.25, -0.2) is 9.78 Å². The zero-order valence-electron chi connectivity index (χ0n) is 18.6. The molecule has 172 valence electrons. The summed E-state index contributed by atoms with van der Waals surface area (Å²) in [4.78, 5) is 30.8. The molecule has 2 heterocycles. The molecule has 1 fully saturated rings. The monoisotopic (exact) mass is 552 g/mol. The zero-order valence-corrected chi connectivity index (χ0v) is 20.7. The summed E-state index contributed by atoms with van der Waals surface area (Å²) < 4.78 is 12.1. The second-order valence-corrected chi connectivity index (χ2v) is 9.47. The Kier molecular flexibility index (Phi) is 7.81. The molecule has 0 saturated carbocycles. The first-order valence-electron chi connectivity index (χ1n) is 10.5. The van der Waals surface area contributed by atoms with Crippen LogP contribution in [0.4, 0.5) is 16.3 Å². The predicted octanol–water partition coefficient (Wildman–Crippen LogP) is 4.98. The minimum Gasteiger partial charge on any atom is -0.457 e. The number of rotatable bonds is 5. The first-order chi connectivity index (χ1) is 15.1. The van der Waals surface area contributed by atoms with Gasteiger partial charge in [0.25, 0.3) is 0 Å². The van der Waals surface area contributed by atoms with Crippen molar-refractivity contribution in [2.75, 3.05) is 24.1 Å². The molecular formula is C23H29IN4O4. The van der Waals surface area contributed by atoms with Crippen molar-refractivity contribution in [2.45, 2.75) is 43.6 Å². The lowest BCUT2D eigenvalue weighted by Crippen LogP contribution is -2.43. The average Bonchev–Trinajstić information content (AvgIpc) is 2.74. The van der Waals surface area contributed by atoms with E-state index in [2.05, 4.69) is 32.9 Å². The molecule has 1 aromatic heterocycles. The number of hydrogen-bond donors (Lipinski definition) is 2. The predicted molar refractivity (Wildman–Crippen MR) is 132 cm³/mol. The molecule has 3 rings (SSSR count). The molecule has 0 aliphatic carbocycles. The summed E-state index contributed by atoms with van der Waals surface area (Å²) in [6.45, 7) is 6.49. The molecule has 0 radical (unpaired) electrons. The highest BCUT2D eigenvalue weighted by molar-refractivity contribution is 14.1. The maximum Gasteiger partial charge on any atom is 0.410 e. The number of ether oxygens (including phenoxy) is 2. The Balaban J connectivity index is 1.55. The van der Waals surface area contributed by atoms with Gasteiger partial charge in [0.1, 0.15) is 22.9 Å². The van der Waals surface area contributed by atoms with Crippen molar-refractivity contribution in [1.82, 2.24) is 9.88 Å². The largest absolute Gasteiger partial charge is 0.457 e. The smallest absolute Gasteiger partial charge is 0.410 e. The third kappa shape index (κ3) is 6.72. The number of nitrogens with two attached hydrogens (primary N) is 1. The number of carbonyl (C=O) groups is 2. The van der Waals surface area contributed by atoms with E-state index in [0.29, 0.717) is 43.2 Å². The van der Waals surface area contributed by atoms with E-state index in [0.717, 1.165) is 15.7 Å². The fraction of sp³-hybridized carbons (Fsp3) is 0.435. The van der Waals surface area contributed by atoms with E-state index in [9.17, 15) is 9.59 Å². The van der Waals surface area contributed by atoms with Crippen molar-refractivity contribution in [3.05, 3.63) is 42.1 Å². The van der Waals surface area contributed by atoms with Crippen molar-refractivity contribution in [3.8, 4) is 11.5 Å². The van der Waals surface area contributed by atoms with Crippen LogP contribution in [0.3, 0.4) is 0 Å². The molecule has 1 aliphatic heterocycles. The van der Waals surface area contributed by atoms with Crippen LogP contribution in [0.15, 0.2) is 36.5 Å². The van der Waals surface area contributed by atoms with E-state index in [1.54, 1.807) is 23.2 Å². The maximum absolute atomic E-state index is 12.7. The van der Waals surface area contributed by atoms with Crippen LogP contribution < -0.4 is 15.8 Å². The topological polar surface area (TPSA) is 107 Å². The van der Waals surface area contributed by atoms with E-state index >= 15 is 0 Å². The van der Waals surface area contributed by atoms with E-state index in [1.807, 2.05) is 39.0 Å². The minimum absolute atomic E-state index is 0.113. The minimum atomic E-state index is -0.534. The maximum atomic E-state index is 12.7. The molecule has 1 aromatic carbocycles. The van der Waals surface area contributed by atoms with Crippen molar-refractivity contribution in [1.29, 1.82) is 0 Å². The van der Waals surface area contributed by atoms with Gasteiger partial charge in [-0.15, -0.1) is 0 Å². The number of benzene rings is 1. The number of alkyl halides is 1. The molecule has 0 bridgehead atoms. The SMILES string of the molecule is CC(C)(C)OC(=O)N1CCC(C(=O)Nc2cc(Oc3ccc(N)c(CI)c3)ccn2)CC1. The standard InChI is InChI=1S/C23H29IN4O4/c1-23(2,3)32-22(30)28-10-7-15(8-11-28)21(29)27-20-13-18(6-9-26-20)31-17-4-5-19(25)16(12-17)14-24/h4-6,9,12-13,15H,7-8,10-11,14,25H2,1-3H3,(H,26,27,29). The van der Waals surface area contributed by atoms with Crippen molar-refractivity contribution in [3.63, 3.8) is 0 Å². The first kappa shape index (κ1) is 24.1. The Labute approximate surface area is 202 Å². The Bertz CT molecular complexity index is 969. The number of amides is 2. The highest BCUT2D eigenvalue weighted by Gasteiger charge is 2.30. The van der Waals surface area contributed by atoms with E-state index in [1.165, 1.54) is 0 Å². The lowest BCUT2D eigenvalue weighted by Gasteiger charge is -2.32. The van der Waals surface area contributed by atoms with Gasteiger partial charge in [-0.05, 0) is 63.4 Å². The molecule has 0 spiro atoms. The molecule has 32 heavy (non-hydrogen) atoms. The number of likely N-dealkylation sites (tertiary alicyclic amines) is 1. The van der Waals surface area contributed by atoms with Gasteiger partial charge >= 0.3 is 6.09 Å². The van der Waals surface area contributed by atoms with Crippen LogP contribution >= 0.6 is 22.6 Å². The number of anilines is 2. The number of nitrogens with zero attached hydrogens (tertiary/aromatic N) is 2. The molecule has 3 N–H and O–H groups in total. The molecule has 2 amide bonds. The Morgan fingerprint density at radius 3 is 2.53 bits per heavy atom. The number of carbonyl (C=O) groups excluding carboxylic acids is 2. The van der Waals surface area contributed by atoms with Crippen LogP contribution in [-0.2, 0) is 14.0 Å². The van der Waals surface area contributed by atoms with Crippen molar-refractivity contribution < 1.29 is 19.1 Å². The quantitative estimate of drug-likeness (QED) is 0.308. The number of piperidine rings is 1. The van der Waals surface area contributed by atoms with E-state index in [-0.39, 0.29) is 17.9 Å². The number of halogens is 1. The normalized spacial score (nSPS) is 14.7. The zero-order chi connectivity index (χ0) is 23.3. The molecule has 0 atom stereocenters. The Morgan fingerprint density at radius 2 is 1.88 bits per heavy atom. The number of nitrogen functional groups attached to an aromatic ring is 1. The second-order valence-electron chi connectivity index (χ2n) is 8.70. The second kappa shape index (κ2) is 10.4. The van der Waals surface area contributed by atoms with Crippen LogP contribution in [0.5, 0.6) is 11.5 Å². The summed E-state index contributed by atoms with van der Waals surface area (Å²) in [5.41, 5.74) is 7.15. The van der Waals surface area contributed by atoms with E-state index in [4.69, 9.17) is 15.2 Å². The van der Waals surface area contributed by atoms with Crippen LogP contribution in [0.2, 0.25) is 0 Å². The van der Waals surface area contributed by atoms with Gasteiger partial charge in [-0.2, -0.15) is 0 Å². The fourth-order valence-electron chi connectivity index (χ4n) is 3.32. The number of aromatic nitrogens is 1. The average molecular weight is 552 g/mol. The molecular weight excluding hydrogens is 523 g/mol. The van der Waals surface area contributed by atoms with E-state index < -0.39 is 5.60 Å². The number of nitrogens with one attached hydrogen (secondary N) is 1. The Morgan fingerprint density at radius 1 is 1.19 bits per heavy atom. The van der Waals surface area contributed by atoms with Gasteiger partial charge in [0, 0.05) is 41.4 Å². The number of pyridine rings is 1. The number of hydrogen-bond acceptors (Lipinski definition) is 6. The summed E-state index contributed by atoms with van der Waals surface area (Å²) in [6.07, 6.45) is 2.40. The van der Waals surface area contributed by atoms with Crippen molar-refractivity contribution in [2.24, 2.45) is 5.92 Å². The van der Waals surface area contributed by atoms with Crippen LogP contribution in [0.1, 0.15) is 39.2 Å². The third-order valence-corrected chi connectivity index (χ3v) is 5.82. The summed E-state index contributed by atoms with van der Waals surface area (Å²) in [5, 5.41) is 2.87. The fourth-order valence-corrected chi connectivity index (χ4v) is 3.98. The molecule has 1 saturated heterocycles. The Hall–Kier alpha value is -2.56. The summed E-state index contributed by atoms with van der Waals surface area (Å²) in [7, 11) is 0. The van der Waals surface area contributed by atoms with Crippen LogP contribution in [-0.4, -0.2) is 40.6 Å². The molecule has 1 aliphatic rings. The van der Waals surface area contributed by atoms with Gasteiger partial charge in [-0.3, -0.25) is 4.79 Å². The molecule has 9 heteroatoms. The molecule has 0 unspecified atom stereocenters. The highest BCUT2D eigenvalue weighted by Crippen LogP contribution is 2.28. The first-order valence-corrected chi connectivity index (χ1v) is 12.0. The van der Waals surface area contributed by atoms with Gasteiger partial charge < -0.3 is 25.4 Å². The van der Waals surface area contributed by atoms with Crippen LogP contribution in [0.25, 0.3) is 0 Å². The summed E-state index contributed by atoms with van der Waals surface area (Å²) >= 11 is 2.25. The van der Waals surface area contributed by atoms with Gasteiger partial charge in [0.2, 0.25) is 5.91 Å². The lowest BCUT2D eigenvalue weighted by atomic mass is 9.96. The summed E-state index contributed by atoms with van der Waals surface area (Å²) in [6, 6.07) is 8.95. The van der Waals surface area contributed by atoms with Crippen molar-refractivity contribution >= 4 is 46.1 Å². The van der Waals surface area contributed by atoms with Gasteiger partial charge in [0.15, 0.2) is 0 Å². The molecule has 8 nitrogen and oxygen atoms in total. The molecule has 2 aromatic rings. The van der Waals surface area contributed by atoms with Gasteiger partial charge in [-0.1, -0.05) is 22.6 Å². The summed E-state index contributed by atoms with van der Waals surface area (Å²) in [5.74, 6) is 1.36. The highest BCUT2D eigenvalue weighted by atomic mass is 127.